The summed E-state index contributed by atoms with van der Waals surface area (Å²) in [7, 11) is 0. The molecule has 0 bridgehead atoms. The van der Waals surface area contributed by atoms with Crippen LogP contribution in [0.25, 0.3) is 0 Å². The van der Waals surface area contributed by atoms with E-state index in [0.717, 1.165) is 0 Å². The number of hydrogen-bond acceptors (Lipinski definition) is 3. The summed E-state index contributed by atoms with van der Waals surface area (Å²) in [5.41, 5.74) is 4.83. The molecule has 7 heteroatoms. The van der Waals surface area contributed by atoms with Crippen molar-refractivity contribution in [3.8, 4) is 0 Å². The molecule has 90 valence electrons. The van der Waals surface area contributed by atoms with Crippen molar-refractivity contribution < 1.29 is 14.4 Å². The van der Waals surface area contributed by atoms with Gasteiger partial charge in [-0.25, -0.2) is 4.79 Å². The number of carbonyl (C=O) groups excluding carboxylic acids is 3. The van der Waals surface area contributed by atoms with Gasteiger partial charge in [0.25, 0.3) is 0 Å². The molecule has 0 aromatic rings. The summed E-state index contributed by atoms with van der Waals surface area (Å²) in [6, 6.07) is -0.373. The van der Waals surface area contributed by atoms with Gasteiger partial charge >= 0.3 is 6.03 Å². The van der Waals surface area contributed by atoms with Gasteiger partial charge in [-0.15, -0.1) is 6.58 Å². The predicted octanol–water partition coefficient (Wildman–Crippen LogP) is -1.54. The second kappa shape index (κ2) is 8.27. The molecule has 0 aliphatic carbocycles. The van der Waals surface area contributed by atoms with Crippen LogP contribution in [0.4, 0.5) is 4.79 Å². The van der Waals surface area contributed by atoms with Crippen LogP contribution in [-0.4, -0.2) is 37.5 Å². The summed E-state index contributed by atoms with van der Waals surface area (Å²) in [5, 5.41) is 7.24. The fraction of sp³-hybridized carbons (Fsp3) is 0.444. The third-order valence-electron chi connectivity index (χ3n) is 1.50. The number of nitrogens with two attached hydrogens (primary N) is 1. The largest absolute Gasteiger partial charge is 0.368 e. The first-order chi connectivity index (χ1) is 7.56. The summed E-state index contributed by atoms with van der Waals surface area (Å²) >= 11 is 0. The Morgan fingerprint density at radius 1 is 1.19 bits per heavy atom. The molecule has 0 aliphatic rings. The zero-order valence-corrected chi connectivity index (χ0v) is 8.91. The van der Waals surface area contributed by atoms with Gasteiger partial charge in [0.15, 0.2) is 0 Å². The Kier molecular flexibility index (Phi) is 7.21. The second-order valence-electron chi connectivity index (χ2n) is 2.92. The standard InChI is InChI=1S/C9H16N4O3/c1-2-4-11-9(16)12-5-3-8(15)13-6-7(10)14/h2H,1,3-6H2,(H2,10,14)(H,13,15)(H2,11,12,16). The number of amides is 4. The molecule has 5 N–H and O–H groups in total. The van der Waals surface area contributed by atoms with Gasteiger partial charge in [-0.2, -0.15) is 0 Å². The smallest absolute Gasteiger partial charge is 0.315 e. The van der Waals surface area contributed by atoms with Gasteiger partial charge in [-0.3, -0.25) is 9.59 Å². The normalized spacial score (nSPS) is 9.00. The van der Waals surface area contributed by atoms with Crippen LogP contribution >= 0.6 is 0 Å². The molecular weight excluding hydrogens is 212 g/mol. The number of carbonyl (C=O) groups is 3. The Bertz CT molecular complexity index is 278. The van der Waals surface area contributed by atoms with Gasteiger partial charge in [0, 0.05) is 19.5 Å². The summed E-state index contributed by atoms with van der Waals surface area (Å²) in [5.74, 6) is -0.951. The van der Waals surface area contributed by atoms with Crippen molar-refractivity contribution in [2.75, 3.05) is 19.6 Å². The summed E-state index contributed by atoms with van der Waals surface area (Å²) in [4.78, 5) is 32.3. The van der Waals surface area contributed by atoms with Crippen molar-refractivity contribution >= 4 is 17.8 Å². The highest BCUT2D eigenvalue weighted by molar-refractivity contribution is 5.84. The van der Waals surface area contributed by atoms with Crippen molar-refractivity contribution in [3.63, 3.8) is 0 Å². The SMILES string of the molecule is C=CCNC(=O)NCCC(=O)NCC(N)=O. The van der Waals surface area contributed by atoms with Crippen LogP contribution in [0.15, 0.2) is 12.7 Å². The molecule has 0 saturated heterocycles. The molecule has 0 fully saturated rings. The highest BCUT2D eigenvalue weighted by atomic mass is 16.2. The molecule has 0 heterocycles. The Morgan fingerprint density at radius 2 is 1.88 bits per heavy atom. The van der Waals surface area contributed by atoms with E-state index in [1.54, 1.807) is 6.08 Å². The molecule has 0 radical (unpaired) electrons. The van der Waals surface area contributed by atoms with E-state index >= 15 is 0 Å². The van der Waals surface area contributed by atoms with E-state index in [1.165, 1.54) is 0 Å². The highest BCUT2D eigenvalue weighted by Crippen LogP contribution is 1.77. The van der Waals surface area contributed by atoms with Crippen LogP contribution < -0.4 is 21.7 Å². The maximum absolute atomic E-state index is 11.0. The molecule has 0 aromatic carbocycles. The summed E-state index contributed by atoms with van der Waals surface area (Å²) < 4.78 is 0. The zero-order chi connectivity index (χ0) is 12.4. The minimum atomic E-state index is -0.606. The van der Waals surface area contributed by atoms with Crippen LogP contribution in [0, 0.1) is 0 Å². The van der Waals surface area contributed by atoms with Crippen molar-refractivity contribution in [3.05, 3.63) is 12.7 Å². The maximum atomic E-state index is 11.0. The molecule has 7 nitrogen and oxygen atoms in total. The molecule has 0 atom stereocenters. The van der Waals surface area contributed by atoms with Gasteiger partial charge in [0.05, 0.1) is 6.54 Å². The van der Waals surface area contributed by atoms with Crippen LogP contribution in [0.3, 0.4) is 0 Å². The Hall–Kier alpha value is -2.05. The third-order valence-corrected chi connectivity index (χ3v) is 1.50. The van der Waals surface area contributed by atoms with Crippen LogP contribution in [0.2, 0.25) is 0 Å². The lowest BCUT2D eigenvalue weighted by Crippen LogP contribution is -2.39. The first-order valence-corrected chi connectivity index (χ1v) is 4.74. The average Bonchev–Trinajstić information content (AvgIpc) is 2.23. The third kappa shape index (κ3) is 8.54. The van der Waals surface area contributed by atoms with E-state index in [-0.39, 0.29) is 31.4 Å². The van der Waals surface area contributed by atoms with Crippen LogP contribution in [0.1, 0.15) is 6.42 Å². The molecule has 0 rings (SSSR count). The van der Waals surface area contributed by atoms with E-state index < -0.39 is 5.91 Å². The Balaban J connectivity index is 3.50. The number of urea groups is 1. The van der Waals surface area contributed by atoms with E-state index in [1.807, 2.05) is 0 Å². The van der Waals surface area contributed by atoms with Gasteiger partial charge < -0.3 is 21.7 Å². The van der Waals surface area contributed by atoms with Gasteiger partial charge in [0.1, 0.15) is 0 Å². The highest BCUT2D eigenvalue weighted by Gasteiger charge is 2.03. The summed E-state index contributed by atoms with van der Waals surface area (Å²) in [6.45, 7) is 3.79. The van der Waals surface area contributed by atoms with E-state index in [2.05, 4.69) is 22.5 Å². The molecule has 0 aliphatic heterocycles. The quantitative estimate of drug-likeness (QED) is 0.396. The molecule has 4 amide bonds. The minimum Gasteiger partial charge on any atom is -0.368 e. The Morgan fingerprint density at radius 3 is 2.44 bits per heavy atom. The lowest BCUT2D eigenvalue weighted by atomic mass is 10.4. The minimum absolute atomic E-state index is 0.0921. The lowest BCUT2D eigenvalue weighted by Gasteiger charge is -2.05. The van der Waals surface area contributed by atoms with E-state index in [0.29, 0.717) is 6.54 Å². The van der Waals surface area contributed by atoms with Crippen molar-refractivity contribution in [2.24, 2.45) is 5.73 Å². The number of nitrogens with one attached hydrogen (secondary N) is 3. The van der Waals surface area contributed by atoms with Crippen molar-refractivity contribution in [2.45, 2.75) is 6.42 Å². The molecule has 0 spiro atoms. The monoisotopic (exact) mass is 228 g/mol. The molecule has 0 saturated carbocycles. The fourth-order valence-electron chi connectivity index (χ4n) is 0.791. The topological polar surface area (TPSA) is 113 Å². The molecule has 0 unspecified atom stereocenters. The van der Waals surface area contributed by atoms with Gasteiger partial charge in [0.2, 0.25) is 11.8 Å². The maximum Gasteiger partial charge on any atom is 0.315 e. The number of primary amides is 1. The molecule has 0 aromatic heterocycles. The first-order valence-electron chi connectivity index (χ1n) is 4.74. The van der Waals surface area contributed by atoms with E-state index in [9.17, 15) is 14.4 Å². The van der Waals surface area contributed by atoms with Gasteiger partial charge in [-0.05, 0) is 0 Å². The second-order valence-corrected chi connectivity index (χ2v) is 2.92. The van der Waals surface area contributed by atoms with Crippen molar-refractivity contribution in [1.82, 2.24) is 16.0 Å². The van der Waals surface area contributed by atoms with E-state index in [4.69, 9.17) is 5.73 Å². The summed E-state index contributed by atoms with van der Waals surface area (Å²) in [6.07, 6.45) is 1.63. The lowest BCUT2D eigenvalue weighted by molar-refractivity contribution is -0.124. The molecular formula is C9H16N4O3. The number of rotatable bonds is 7. The van der Waals surface area contributed by atoms with Gasteiger partial charge in [-0.1, -0.05) is 6.08 Å². The zero-order valence-electron chi connectivity index (χ0n) is 8.91. The first kappa shape index (κ1) is 13.9. The Labute approximate surface area is 93.4 Å². The predicted molar refractivity (Wildman–Crippen MR) is 58.4 cm³/mol. The fourth-order valence-corrected chi connectivity index (χ4v) is 0.791. The average molecular weight is 228 g/mol. The number of hydrogen-bond donors (Lipinski definition) is 4. The van der Waals surface area contributed by atoms with Crippen LogP contribution in [0.5, 0.6) is 0 Å². The van der Waals surface area contributed by atoms with Crippen LogP contribution in [-0.2, 0) is 9.59 Å². The van der Waals surface area contributed by atoms with Crippen molar-refractivity contribution in [1.29, 1.82) is 0 Å². The molecule has 16 heavy (non-hydrogen) atoms.